The van der Waals surface area contributed by atoms with Crippen LogP contribution in [0, 0.1) is 0 Å². The largest absolute Gasteiger partial charge is 0.489 e. The van der Waals surface area contributed by atoms with Gasteiger partial charge in [-0.05, 0) is 54.4 Å². The van der Waals surface area contributed by atoms with Gasteiger partial charge < -0.3 is 15.0 Å². The monoisotopic (exact) mass is 448 g/mol. The molecule has 6 heteroatoms. The van der Waals surface area contributed by atoms with Gasteiger partial charge in [0.25, 0.3) is 0 Å². The number of rotatable bonds is 10. The van der Waals surface area contributed by atoms with Crippen LogP contribution in [0.3, 0.4) is 0 Å². The van der Waals surface area contributed by atoms with Gasteiger partial charge in [0.05, 0.1) is 5.75 Å². The zero-order valence-corrected chi connectivity index (χ0v) is 19.2. The van der Waals surface area contributed by atoms with Crippen molar-refractivity contribution >= 4 is 29.3 Å². The molecule has 0 radical (unpaired) electrons. The summed E-state index contributed by atoms with van der Waals surface area (Å²) >= 11 is 1.49. The Morgan fingerprint density at radius 2 is 1.59 bits per heavy atom. The van der Waals surface area contributed by atoms with Crippen molar-refractivity contribution in [2.75, 3.05) is 17.6 Å². The lowest BCUT2D eigenvalue weighted by Gasteiger charge is -2.21. The Bertz CT molecular complexity index is 1010. The molecule has 0 saturated carbocycles. The third-order valence-corrected chi connectivity index (χ3v) is 5.81. The summed E-state index contributed by atoms with van der Waals surface area (Å²) in [6.07, 6.45) is 0. The van der Waals surface area contributed by atoms with Crippen LogP contribution in [0.4, 0.5) is 5.69 Å². The van der Waals surface area contributed by atoms with E-state index in [1.807, 2.05) is 90.7 Å². The molecule has 0 aliphatic heterocycles. The topological polar surface area (TPSA) is 58.6 Å². The van der Waals surface area contributed by atoms with Gasteiger partial charge in [-0.2, -0.15) is 0 Å². The second-order valence-electron chi connectivity index (χ2n) is 7.32. The standard InChI is InChI=1S/C26H28N2O3S/c1-3-28(26(30)19-32-25-15-11-23(12-16-25)27-20(2)29)17-21-9-13-24(14-10-21)31-18-22-7-5-4-6-8-22/h4-16H,3,17-19H2,1-2H3,(H,27,29). The fourth-order valence-corrected chi connectivity index (χ4v) is 3.90. The number of thioether (sulfide) groups is 1. The minimum atomic E-state index is -0.102. The second-order valence-corrected chi connectivity index (χ2v) is 8.37. The average molecular weight is 449 g/mol. The number of ether oxygens (including phenoxy) is 1. The lowest BCUT2D eigenvalue weighted by molar-refractivity contribution is -0.128. The zero-order chi connectivity index (χ0) is 22.8. The van der Waals surface area contributed by atoms with Crippen molar-refractivity contribution in [3.05, 3.63) is 90.0 Å². The van der Waals surface area contributed by atoms with Crippen molar-refractivity contribution in [3.63, 3.8) is 0 Å². The molecular formula is C26H28N2O3S. The molecule has 32 heavy (non-hydrogen) atoms. The summed E-state index contributed by atoms with van der Waals surface area (Å²) in [4.78, 5) is 26.7. The molecule has 3 aromatic carbocycles. The highest BCUT2D eigenvalue weighted by Gasteiger charge is 2.13. The van der Waals surface area contributed by atoms with Gasteiger partial charge in [0.1, 0.15) is 12.4 Å². The number of hydrogen-bond donors (Lipinski definition) is 1. The molecule has 0 spiro atoms. The highest BCUT2D eigenvalue weighted by molar-refractivity contribution is 8.00. The molecule has 166 valence electrons. The summed E-state index contributed by atoms with van der Waals surface area (Å²) in [7, 11) is 0. The van der Waals surface area contributed by atoms with Crippen LogP contribution in [0.2, 0.25) is 0 Å². The Morgan fingerprint density at radius 1 is 0.906 bits per heavy atom. The van der Waals surface area contributed by atoms with E-state index in [-0.39, 0.29) is 11.8 Å². The van der Waals surface area contributed by atoms with Gasteiger partial charge in [0, 0.05) is 30.6 Å². The molecule has 0 heterocycles. The molecule has 5 nitrogen and oxygen atoms in total. The normalized spacial score (nSPS) is 10.4. The molecule has 0 saturated heterocycles. The number of carbonyl (C=O) groups excluding carboxylic acids is 2. The van der Waals surface area contributed by atoms with Gasteiger partial charge in [-0.3, -0.25) is 9.59 Å². The minimum Gasteiger partial charge on any atom is -0.489 e. The number of amides is 2. The van der Waals surface area contributed by atoms with E-state index >= 15 is 0 Å². The van der Waals surface area contributed by atoms with Crippen LogP contribution in [-0.2, 0) is 22.7 Å². The van der Waals surface area contributed by atoms with E-state index in [1.54, 1.807) is 0 Å². The van der Waals surface area contributed by atoms with Crippen LogP contribution >= 0.6 is 11.8 Å². The van der Waals surface area contributed by atoms with E-state index in [2.05, 4.69) is 5.32 Å². The fourth-order valence-electron chi connectivity index (χ4n) is 3.10. The molecule has 2 amide bonds. The Labute approximate surface area is 193 Å². The Kier molecular flexibility index (Phi) is 8.75. The summed E-state index contributed by atoms with van der Waals surface area (Å²) in [6, 6.07) is 25.5. The summed E-state index contributed by atoms with van der Waals surface area (Å²) in [5, 5.41) is 2.74. The van der Waals surface area contributed by atoms with Crippen molar-refractivity contribution in [1.29, 1.82) is 0 Å². The van der Waals surface area contributed by atoms with Gasteiger partial charge in [-0.15, -0.1) is 11.8 Å². The number of carbonyl (C=O) groups is 2. The fraction of sp³-hybridized carbons (Fsp3) is 0.231. The lowest BCUT2D eigenvalue weighted by Crippen LogP contribution is -2.31. The van der Waals surface area contributed by atoms with Gasteiger partial charge in [-0.25, -0.2) is 0 Å². The van der Waals surface area contributed by atoms with Gasteiger partial charge >= 0.3 is 0 Å². The molecule has 0 aliphatic rings. The highest BCUT2D eigenvalue weighted by Crippen LogP contribution is 2.21. The van der Waals surface area contributed by atoms with E-state index in [9.17, 15) is 9.59 Å². The van der Waals surface area contributed by atoms with E-state index in [4.69, 9.17) is 4.74 Å². The van der Waals surface area contributed by atoms with Crippen molar-refractivity contribution < 1.29 is 14.3 Å². The molecule has 3 rings (SSSR count). The van der Waals surface area contributed by atoms with E-state index in [0.717, 1.165) is 27.5 Å². The van der Waals surface area contributed by atoms with Crippen molar-refractivity contribution in [2.45, 2.75) is 31.9 Å². The highest BCUT2D eigenvalue weighted by atomic mass is 32.2. The number of benzene rings is 3. The van der Waals surface area contributed by atoms with Crippen molar-refractivity contribution in [3.8, 4) is 5.75 Å². The Balaban J connectivity index is 1.48. The summed E-state index contributed by atoms with van der Waals surface area (Å²) in [6.45, 7) is 5.21. The predicted octanol–water partition coefficient (Wildman–Crippen LogP) is 5.36. The van der Waals surface area contributed by atoms with Gasteiger partial charge in [0.2, 0.25) is 11.8 Å². The molecule has 0 atom stereocenters. The zero-order valence-electron chi connectivity index (χ0n) is 18.4. The Morgan fingerprint density at radius 3 is 2.22 bits per heavy atom. The Hall–Kier alpha value is -3.25. The minimum absolute atomic E-state index is 0.0906. The first-order chi connectivity index (χ1) is 15.5. The molecule has 0 unspecified atom stereocenters. The van der Waals surface area contributed by atoms with E-state index < -0.39 is 0 Å². The third kappa shape index (κ3) is 7.46. The van der Waals surface area contributed by atoms with Crippen LogP contribution in [0.5, 0.6) is 5.75 Å². The SMILES string of the molecule is CCN(Cc1ccc(OCc2ccccc2)cc1)C(=O)CSc1ccc(NC(C)=O)cc1. The molecule has 0 aromatic heterocycles. The molecule has 0 fully saturated rings. The smallest absolute Gasteiger partial charge is 0.233 e. The molecule has 0 aliphatic carbocycles. The van der Waals surface area contributed by atoms with Gasteiger partial charge in [0.15, 0.2) is 0 Å². The van der Waals surface area contributed by atoms with Crippen molar-refractivity contribution in [2.24, 2.45) is 0 Å². The second kappa shape index (κ2) is 12.0. The molecule has 0 bridgehead atoms. The maximum atomic E-state index is 12.7. The van der Waals surface area contributed by atoms with E-state index in [1.165, 1.54) is 18.7 Å². The summed E-state index contributed by atoms with van der Waals surface area (Å²) < 4.78 is 5.84. The number of nitrogens with one attached hydrogen (secondary N) is 1. The van der Waals surface area contributed by atoms with Gasteiger partial charge in [-0.1, -0.05) is 42.5 Å². The lowest BCUT2D eigenvalue weighted by atomic mass is 10.2. The third-order valence-electron chi connectivity index (χ3n) is 4.82. The number of nitrogens with zero attached hydrogens (tertiary/aromatic N) is 1. The summed E-state index contributed by atoms with van der Waals surface area (Å²) in [5.74, 6) is 1.17. The predicted molar refractivity (Wildman–Crippen MR) is 130 cm³/mol. The molecular weight excluding hydrogens is 420 g/mol. The first-order valence-corrected chi connectivity index (χ1v) is 11.6. The number of anilines is 1. The summed E-state index contributed by atoms with van der Waals surface area (Å²) in [5.41, 5.74) is 2.94. The van der Waals surface area contributed by atoms with E-state index in [0.29, 0.717) is 25.4 Å². The number of hydrogen-bond acceptors (Lipinski definition) is 4. The first-order valence-electron chi connectivity index (χ1n) is 10.6. The van der Waals surface area contributed by atoms with Crippen LogP contribution in [-0.4, -0.2) is 29.0 Å². The van der Waals surface area contributed by atoms with Crippen LogP contribution in [0.25, 0.3) is 0 Å². The quantitative estimate of drug-likeness (QED) is 0.424. The molecule has 1 N–H and O–H groups in total. The maximum absolute atomic E-state index is 12.7. The maximum Gasteiger partial charge on any atom is 0.233 e. The van der Waals surface area contributed by atoms with Crippen LogP contribution in [0.1, 0.15) is 25.0 Å². The molecule has 3 aromatic rings. The van der Waals surface area contributed by atoms with Crippen LogP contribution < -0.4 is 10.1 Å². The van der Waals surface area contributed by atoms with Crippen LogP contribution in [0.15, 0.2) is 83.8 Å². The first kappa shape index (κ1) is 23.4. The average Bonchev–Trinajstić information content (AvgIpc) is 2.81. The van der Waals surface area contributed by atoms with Crippen molar-refractivity contribution in [1.82, 2.24) is 4.90 Å².